The fraction of sp³-hybridized carbons (Fsp3) is 0.333. The van der Waals surface area contributed by atoms with Gasteiger partial charge in [0.1, 0.15) is 0 Å². The molecule has 0 radical (unpaired) electrons. The zero-order chi connectivity index (χ0) is 14.0. The van der Waals surface area contributed by atoms with Gasteiger partial charge in [0.05, 0.1) is 12.0 Å². The van der Waals surface area contributed by atoms with Crippen LogP contribution in [0.5, 0.6) is 0 Å². The number of carboxylic acids is 1. The molecule has 0 bridgehead atoms. The molecule has 0 unspecified atom stereocenters. The summed E-state index contributed by atoms with van der Waals surface area (Å²) in [5, 5.41) is 9.09. The van der Waals surface area contributed by atoms with Gasteiger partial charge in [0.2, 0.25) is 0 Å². The Morgan fingerprint density at radius 3 is 2.68 bits per heavy atom. The number of benzene rings is 1. The molecule has 1 aromatic carbocycles. The Morgan fingerprint density at radius 2 is 2.05 bits per heavy atom. The summed E-state index contributed by atoms with van der Waals surface area (Å²) in [6, 6.07) is 6.35. The normalized spacial score (nSPS) is 10.7. The summed E-state index contributed by atoms with van der Waals surface area (Å²) in [5.74, 6) is -0.962. The van der Waals surface area contributed by atoms with Crippen molar-refractivity contribution < 1.29 is 9.90 Å². The fourth-order valence-electron chi connectivity index (χ4n) is 2.31. The van der Waals surface area contributed by atoms with Crippen molar-refractivity contribution in [3.63, 3.8) is 0 Å². The van der Waals surface area contributed by atoms with Crippen molar-refractivity contribution in [1.29, 1.82) is 0 Å². The molecule has 0 atom stereocenters. The molecule has 4 nitrogen and oxygen atoms in total. The number of rotatable bonds is 4. The Hall–Kier alpha value is -2.10. The Kier molecular flexibility index (Phi) is 3.69. The number of imidazole rings is 1. The van der Waals surface area contributed by atoms with Crippen molar-refractivity contribution in [2.75, 3.05) is 0 Å². The second-order valence-electron chi connectivity index (χ2n) is 4.89. The van der Waals surface area contributed by atoms with Crippen LogP contribution in [0.1, 0.15) is 32.9 Å². The smallest absolute Gasteiger partial charge is 0.356 e. The molecule has 19 heavy (non-hydrogen) atoms. The lowest BCUT2D eigenvalue weighted by Gasteiger charge is -2.08. The van der Waals surface area contributed by atoms with Gasteiger partial charge in [0, 0.05) is 7.05 Å². The Balaban J connectivity index is 2.19. The van der Waals surface area contributed by atoms with Crippen molar-refractivity contribution in [1.82, 2.24) is 9.55 Å². The number of hydrogen-bond acceptors (Lipinski definition) is 2. The number of hydrogen-bond donors (Lipinski definition) is 1. The van der Waals surface area contributed by atoms with E-state index in [4.69, 9.17) is 5.11 Å². The lowest BCUT2D eigenvalue weighted by Crippen LogP contribution is -2.07. The Bertz CT molecular complexity index is 615. The number of aromatic carboxylic acids is 1. The van der Waals surface area contributed by atoms with Crippen LogP contribution >= 0.6 is 0 Å². The van der Waals surface area contributed by atoms with E-state index in [0.29, 0.717) is 6.42 Å². The largest absolute Gasteiger partial charge is 0.476 e. The first kappa shape index (κ1) is 13.3. The quantitative estimate of drug-likeness (QED) is 0.916. The van der Waals surface area contributed by atoms with E-state index in [1.54, 1.807) is 10.9 Å². The highest BCUT2D eigenvalue weighted by Gasteiger charge is 2.15. The van der Waals surface area contributed by atoms with Gasteiger partial charge in [0.25, 0.3) is 0 Å². The molecular weight excluding hydrogens is 240 g/mol. The van der Waals surface area contributed by atoms with Gasteiger partial charge in [-0.15, -0.1) is 0 Å². The van der Waals surface area contributed by atoms with Gasteiger partial charge in [-0.1, -0.05) is 23.8 Å². The lowest BCUT2D eigenvalue weighted by molar-refractivity contribution is 0.0689. The summed E-state index contributed by atoms with van der Waals surface area (Å²) in [6.45, 7) is 4.16. The molecule has 2 aromatic rings. The SMILES string of the molecule is Cc1ccc(CCc2c(C(=O)O)ncn2C)c(C)c1. The number of aryl methyl sites for hydroxylation is 4. The second-order valence-corrected chi connectivity index (χ2v) is 4.89. The standard InChI is InChI=1S/C15H18N2O2/c1-10-4-5-12(11(2)8-10)6-7-13-14(15(18)19)16-9-17(13)3/h4-5,8-9H,6-7H2,1-3H3,(H,18,19). The Labute approximate surface area is 112 Å². The summed E-state index contributed by atoms with van der Waals surface area (Å²) < 4.78 is 1.78. The minimum Gasteiger partial charge on any atom is -0.476 e. The minimum atomic E-state index is -0.962. The molecule has 0 saturated carbocycles. The number of carboxylic acid groups (broad SMARTS) is 1. The van der Waals surface area contributed by atoms with Crippen LogP contribution in [-0.2, 0) is 19.9 Å². The molecule has 1 aromatic heterocycles. The molecule has 0 saturated heterocycles. The highest BCUT2D eigenvalue weighted by Crippen LogP contribution is 2.15. The number of carbonyl (C=O) groups is 1. The summed E-state index contributed by atoms with van der Waals surface area (Å²) in [5.41, 5.74) is 4.68. The molecule has 2 rings (SSSR count). The van der Waals surface area contributed by atoms with Gasteiger partial charge in [-0.2, -0.15) is 0 Å². The first-order valence-electron chi connectivity index (χ1n) is 6.28. The van der Waals surface area contributed by atoms with Crippen molar-refractivity contribution in [3.8, 4) is 0 Å². The van der Waals surface area contributed by atoms with Crippen LogP contribution in [0, 0.1) is 13.8 Å². The van der Waals surface area contributed by atoms with E-state index in [-0.39, 0.29) is 5.69 Å². The fourth-order valence-corrected chi connectivity index (χ4v) is 2.31. The average Bonchev–Trinajstić information content (AvgIpc) is 2.70. The maximum Gasteiger partial charge on any atom is 0.356 e. The molecule has 1 N–H and O–H groups in total. The Morgan fingerprint density at radius 1 is 1.32 bits per heavy atom. The highest BCUT2D eigenvalue weighted by atomic mass is 16.4. The summed E-state index contributed by atoms with van der Waals surface area (Å²) in [4.78, 5) is 15.0. The molecule has 0 aliphatic carbocycles. The number of nitrogens with zero attached hydrogens (tertiary/aromatic N) is 2. The molecule has 0 aliphatic heterocycles. The summed E-state index contributed by atoms with van der Waals surface area (Å²) in [7, 11) is 1.83. The molecule has 100 valence electrons. The molecule has 0 spiro atoms. The van der Waals surface area contributed by atoms with E-state index < -0.39 is 5.97 Å². The molecule has 1 heterocycles. The van der Waals surface area contributed by atoms with Gasteiger partial charge in [0.15, 0.2) is 5.69 Å². The third kappa shape index (κ3) is 2.84. The van der Waals surface area contributed by atoms with Crippen molar-refractivity contribution in [3.05, 3.63) is 52.6 Å². The zero-order valence-corrected chi connectivity index (χ0v) is 11.5. The van der Waals surface area contributed by atoms with Crippen LogP contribution in [0.3, 0.4) is 0 Å². The van der Waals surface area contributed by atoms with Gasteiger partial charge in [-0.25, -0.2) is 9.78 Å². The van der Waals surface area contributed by atoms with Crippen LogP contribution < -0.4 is 0 Å². The third-order valence-electron chi connectivity index (χ3n) is 3.39. The maximum absolute atomic E-state index is 11.1. The van der Waals surface area contributed by atoms with Gasteiger partial charge in [-0.3, -0.25) is 0 Å². The highest BCUT2D eigenvalue weighted by molar-refractivity contribution is 5.86. The maximum atomic E-state index is 11.1. The molecular formula is C15H18N2O2. The van der Waals surface area contributed by atoms with E-state index in [9.17, 15) is 4.79 Å². The van der Waals surface area contributed by atoms with Gasteiger partial charge >= 0.3 is 5.97 Å². The van der Waals surface area contributed by atoms with E-state index in [2.05, 4.69) is 37.0 Å². The summed E-state index contributed by atoms with van der Waals surface area (Å²) in [6.07, 6.45) is 3.06. The van der Waals surface area contributed by atoms with Crippen molar-refractivity contribution in [2.45, 2.75) is 26.7 Å². The average molecular weight is 258 g/mol. The lowest BCUT2D eigenvalue weighted by atomic mass is 10.0. The second kappa shape index (κ2) is 5.26. The van der Waals surface area contributed by atoms with E-state index in [1.165, 1.54) is 16.7 Å². The van der Waals surface area contributed by atoms with E-state index in [0.717, 1.165) is 12.1 Å². The monoisotopic (exact) mass is 258 g/mol. The zero-order valence-electron chi connectivity index (χ0n) is 11.5. The first-order valence-corrected chi connectivity index (χ1v) is 6.28. The van der Waals surface area contributed by atoms with E-state index >= 15 is 0 Å². The topological polar surface area (TPSA) is 55.1 Å². The number of aromatic nitrogens is 2. The van der Waals surface area contributed by atoms with E-state index in [1.807, 2.05) is 7.05 Å². The van der Waals surface area contributed by atoms with Crippen LogP contribution in [0.25, 0.3) is 0 Å². The predicted octanol–water partition coefficient (Wildman–Crippen LogP) is 2.52. The van der Waals surface area contributed by atoms with Crippen molar-refractivity contribution in [2.24, 2.45) is 7.05 Å². The van der Waals surface area contributed by atoms with Crippen LogP contribution in [-0.4, -0.2) is 20.6 Å². The minimum absolute atomic E-state index is 0.160. The van der Waals surface area contributed by atoms with Gasteiger partial charge in [-0.05, 0) is 37.8 Å². The predicted molar refractivity (Wildman–Crippen MR) is 73.5 cm³/mol. The van der Waals surface area contributed by atoms with Crippen molar-refractivity contribution >= 4 is 5.97 Å². The van der Waals surface area contributed by atoms with Crippen LogP contribution in [0.2, 0.25) is 0 Å². The molecule has 4 heteroatoms. The molecule has 0 fully saturated rings. The third-order valence-corrected chi connectivity index (χ3v) is 3.39. The molecule has 0 amide bonds. The summed E-state index contributed by atoms with van der Waals surface area (Å²) >= 11 is 0. The van der Waals surface area contributed by atoms with Gasteiger partial charge < -0.3 is 9.67 Å². The first-order chi connectivity index (χ1) is 8.99. The van der Waals surface area contributed by atoms with Crippen LogP contribution in [0.4, 0.5) is 0 Å². The van der Waals surface area contributed by atoms with Crippen LogP contribution in [0.15, 0.2) is 24.5 Å². The molecule has 0 aliphatic rings.